The predicted molar refractivity (Wildman–Crippen MR) is 138 cm³/mol. The Morgan fingerprint density at radius 2 is 1.69 bits per heavy atom. The van der Waals surface area contributed by atoms with Crippen molar-refractivity contribution >= 4 is 56.8 Å². The highest BCUT2D eigenvalue weighted by Gasteiger charge is 2.23. The summed E-state index contributed by atoms with van der Waals surface area (Å²) in [5, 5.41) is 0.647. The molecule has 0 aliphatic heterocycles. The molecule has 1 amide bonds. The van der Waals surface area contributed by atoms with Crippen molar-refractivity contribution in [2.75, 3.05) is 52.1 Å². The summed E-state index contributed by atoms with van der Waals surface area (Å²) in [6, 6.07) is 11.5. The summed E-state index contributed by atoms with van der Waals surface area (Å²) >= 11 is 3.21. The van der Waals surface area contributed by atoms with Crippen LogP contribution in [0.15, 0.2) is 41.3 Å². The van der Waals surface area contributed by atoms with Crippen molar-refractivity contribution in [3.05, 3.63) is 42.0 Å². The average Bonchev–Trinajstić information content (AvgIpc) is 3.21. The number of thioether (sulfide) groups is 1. The van der Waals surface area contributed by atoms with Crippen molar-refractivity contribution in [1.82, 2.24) is 9.88 Å². The molecule has 2 aromatic carbocycles. The number of anilines is 1. The summed E-state index contributed by atoms with van der Waals surface area (Å²) in [5.41, 5.74) is 1.37. The van der Waals surface area contributed by atoms with Crippen LogP contribution in [-0.4, -0.2) is 62.9 Å². The standard InChI is InChI=1S/C23H29N3O3S2.ClH/c1-6-30-17-10-8-16(9-11-17)22(27)26(15-7-14-25(2)3)23-24-20-18(28-4)12-13-19(29-5)21(20)31-23;/h8-13H,6-7,14-15H2,1-5H3;1H. The number of rotatable bonds is 10. The lowest BCUT2D eigenvalue weighted by Crippen LogP contribution is -2.33. The Bertz CT molecular complexity index is 984. The van der Waals surface area contributed by atoms with Crippen LogP contribution in [0.4, 0.5) is 5.13 Å². The molecule has 3 rings (SSSR count). The van der Waals surface area contributed by atoms with Gasteiger partial charge in [0.25, 0.3) is 5.91 Å². The lowest BCUT2D eigenvalue weighted by atomic mass is 10.2. The molecule has 174 valence electrons. The number of carbonyl (C=O) groups is 1. The molecule has 1 aromatic heterocycles. The van der Waals surface area contributed by atoms with E-state index in [1.54, 1.807) is 30.9 Å². The Morgan fingerprint density at radius 1 is 1.03 bits per heavy atom. The maximum atomic E-state index is 13.5. The first-order chi connectivity index (χ1) is 15.0. The van der Waals surface area contributed by atoms with E-state index in [0.29, 0.717) is 28.5 Å². The number of hydrogen-bond acceptors (Lipinski definition) is 7. The normalized spacial score (nSPS) is 10.8. The lowest BCUT2D eigenvalue weighted by molar-refractivity contribution is 0.0986. The van der Waals surface area contributed by atoms with E-state index < -0.39 is 0 Å². The van der Waals surface area contributed by atoms with Crippen LogP contribution in [0.1, 0.15) is 23.7 Å². The summed E-state index contributed by atoms with van der Waals surface area (Å²) in [6.07, 6.45) is 0.840. The summed E-state index contributed by atoms with van der Waals surface area (Å²) in [5.74, 6) is 2.34. The minimum absolute atomic E-state index is 0. The molecule has 0 aliphatic carbocycles. The number of thiazole rings is 1. The van der Waals surface area contributed by atoms with Crippen LogP contribution in [-0.2, 0) is 0 Å². The van der Waals surface area contributed by atoms with Gasteiger partial charge in [-0.1, -0.05) is 18.3 Å². The third-order valence-electron chi connectivity index (χ3n) is 4.77. The number of methoxy groups -OCH3 is 2. The van der Waals surface area contributed by atoms with Crippen LogP contribution in [0.3, 0.4) is 0 Å². The van der Waals surface area contributed by atoms with E-state index in [2.05, 4.69) is 11.8 Å². The average molecular weight is 496 g/mol. The largest absolute Gasteiger partial charge is 0.495 e. The van der Waals surface area contributed by atoms with Crippen molar-refractivity contribution in [1.29, 1.82) is 0 Å². The van der Waals surface area contributed by atoms with Crippen molar-refractivity contribution < 1.29 is 14.3 Å². The molecular weight excluding hydrogens is 466 g/mol. The smallest absolute Gasteiger partial charge is 0.260 e. The monoisotopic (exact) mass is 495 g/mol. The quantitative estimate of drug-likeness (QED) is 0.349. The SMILES string of the molecule is CCSc1ccc(C(=O)N(CCCN(C)C)c2nc3c(OC)ccc(OC)c3s2)cc1.Cl. The number of hydrogen-bond donors (Lipinski definition) is 0. The Labute approximate surface area is 204 Å². The van der Waals surface area contributed by atoms with Crippen molar-refractivity contribution in [2.24, 2.45) is 0 Å². The minimum Gasteiger partial charge on any atom is -0.495 e. The van der Waals surface area contributed by atoms with Gasteiger partial charge in [-0.2, -0.15) is 0 Å². The van der Waals surface area contributed by atoms with Crippen LogP contribution in [0, 0.1) is 0 Å². The van der Waals surface area contributed by atoms with Gasteiger partial charge in [0.15, 0.2) is 5.13 Å². The van der Waals surface area contributed by atoms with Gasteiger partial charge in [0.2, 0.25) is 0 Å². The number of aromatic nitrogens is 1. The van der Waals surface area contributed by atoms with E-state index in [9.17, 15) is 4.79 Å². The molecule has 0 radical (unpaired) electrons. The van der Waals surface area contributed by atoms with Crippen molar-refractivity contribution in [3.63, 3.8) is 0 Å². The number of nitrogens with zero attached hydrogens (tertiary/aromatic N) is 3. The number of halogens is 1. The first kappa shape index (κ1) is 26.3. The topological polar surface area (TPSA) is 54.9 Å². The first-order valence-electron chi connectivity index (χ1n) is 10.2. The summed E-state index contributed by atoms with van der Waals surface area (Å²) in [6.45, 7) is 3.58. The molecule has 1 heterocycles. The predicted octanol–water partition coefficient (Wildman–Crippen LogP) is 5.45. The van der Waals surface area contributed by atoms with Gasteiger partial charge in [-0.15, -0.1) is 24.2 Å². The zero-order valence-electron chi connectivity index (χ0n) is 19.1. The number of amides is 1. The third kappa shape index (κ3) is 6.07. The summed E-state index contributed by atoms with van der Waals surface area (Å²) < 4.78 is 11.9. The molecule has 0 atom stereocenters. The van der Waals surface area contributed by atoms with Gasteiger partial charge >= 0.3 is 0 Å². The maximum Gasteiger partial charge on any atom is 0.260 e. The zero-order chi connectivity index (χ0) is 22.4. The second kappa shape index (κ2) is 12.3. The third-order valence-corrected chi connectivity index (χ3v) is 6.76. The van der Waals surface area contributed by atoms with Crippen LogP contribution in [0.5, 0.6) is 11.5 Å². The molecule has 0 aliphatic rings. The lowest BCUT2D eigenvalue weighted by Gasteiger charge is -2.21. The van der Waals surface area contributed by atoms with Gasteiger partial charge in [-0.25, -0.2) is 4.98 Å². The number of carbonyl (C=O) groups excluding carboxylic acids is 1. The minimum atomic E-state index is -0.0520. The Hall–Kier alpha value is -2.00. The van der Waals surface area contributed by atoms with Gasteiger partial charge in [0.05, 0.1) is 14.2 Å². The molecule has 0 unspecified atom stereocenters. The highest BCUT2D eigenvalue weighted by Crippen LogP contribution is 2.40. The van der Waals surface area contributed by atoms with Crippen LogP contribution in [0.25, 0.3) is 10.2 Å². The highest BCUT2D eigenvalue weighted by molar-refractivity contribution is 7.99. The van der Waals surface area contributed by atoms with E-state index in [4.69, 9.17) is 14.5 Å². The van der Waals surface area contributed by atoms with Gasteiger partial charge < -0.3 is 14.4 Å². The van der Waals surface area contributed by atoms with Gasteiger partial charge in [0, 0.05) is 17.0 Å². The first-order valence-corrected chi connectivity index (χ1v) is 12.0. The maximum absolute atomic E-state index is 13.5. The van der Waals surface area contributed by atoms with Crippen molar-refractivity contribution in [3.8, 4) is 11.5 Å². The van der Waals surface area contributed by atoms with Crippen LogP contribution >= 0.6 is 35.5 Å². The van der Waals surface area contributed by atoms with Crippen molar-refractivity contribution in [2.45, 2.75) is 18.2 Å². The molecule has 32 heavy (non-hydrogen) atoms. The Balaban J connectivity index is 0.00000363. The number of fused-ring (bicyclic) bond motifs is 1. The summed E-state index contributed by atoms with van der Waals surface area (Å²) in [7, 11) is 7.32. The van der Waals surface area contributed by atoms with E-state index in [1.807, 2.05) is 50.5 Å². The molecule has 6 nitrogen and oxygen atoms in total. The fourth-order valence-corrected chi connectivity index (χ4v) is 5.00. The molecule has 9 heteroatoms. The molecule has 0 saturated carbocycles. The summed E-state index contributed by atoms with van der Waals surface area (Å²) in [4.78, 5) is 23.3. The van der Waals surface area contributed by atoms with Gasteiger partial charge in [-0.3, -0.25) is 9.69 Å². The van der Waals surface area contributed by atoms with Gasteiger partial charge in [0.1, 0.15) is 21.7 Å². The fourth-order valence-electron chi connectivity index (χ4n) is 3.24. The second-order valence-electron chi connectivity index (χ2n) is 7.22. The van der Waals surface area contributed by atoms with E-state index >= 15 is 0 Å². The molecule has 0 N–H and O–H groups in total. The zero-order valence-corrected chi connectivity index (χ0v) is 21.5. The fraction of sp³-hybridized carbons (Fsp3) is 0.391. The molecule has 0 saturated heterocycles. The Morgan fingerprint density at radius 3 is 2.28 bits per heavy atom. The molecule has 0 spiro atoms. The highest BCUT2D eigenvalue weighted by atomic mass is 35.5. The van der Waals surface area contributed by atoms with Crippen LogP contribution < -0.4 is 14.4 Å². The molecular formula is C23H30ClN3O3S2. The van der Waals surface area contributed by atoms with E-state index in [1.165, 1.54) is 11.3 Å². The molecule has 0 fully saturated rings. The second-order valence-corrected chi connectivity index (χ2v) is 9.53. The Kier molecular flexibility index (Phi) is 10.1. The van der Waals surface area contributed by atoms with E-state index in [0.717, 1.165) is 34.1 Å². The number of ether oxygens (including phenoxy) is 2. The molecule has 0 bridgehead atoms. The van der Waals surface area contributed by atoms with E-state index in [-0.39, 0.29) is 18.3 Å². The number of benzene rings is 2. The molecule has 3 aromatic rings. The van der Waals surface area contributed by atoms with Crippen LogP contribution in [0.2, 0.25) is 0 Å². The van der Waals surface area contributed by atoms with Gasteiger partial charge in [-0.05, 0) is 69.2 Å².